The lowest BCUT2D eigenvalue weighted by Gasteiger charge is -2.37. The van der Waals surface area contributed by atoms with Gasteiger partial charge >= 0.3 is 0 Å². The molecule has 2 aromatic carbocycles. The normalized spacial score (nSPS) is 21.4. The minimum absolute atomic E-state index is 0.0846. The third kappa shape index (κ3) is 9.53. The summed E-state index contributed by atoms with van der Waals surface area (Å²) in [4.78, 5) is 0. The minimum atomic E-state index is -0.0846. The molecule has 0 amide bonds. The Morgan fingerprint density at radius 2 is 0.979 bits per heavy atom. The van der Waals surface area contributed by atoms with Crippen LogP contribution in [-0.2, 0) is 15.6 Å². The molecule has 2 aliphatic rings. The van der Waals surface area contributed by atoms with E-state index >= 15 is 0 Å². The average molecular weight is 639 g/mol. The fourth-order valence-corrected chi connectivity index (χ4v) is 7.02. The molecule has 0 N–H and O–H groups in total. The van der Waals surface area contributed by atoms with Crippen LogP contribution < -0.4 is 9.47 Å². The number of rotatable bonds is 16. The highest BCUT2D eigenvalue weighted by Gasteiger charge is 2.36. The largest absolute Gasteiger partial charge is 0.493 e. The second-order valence-corrected chi connectivity index (χ2v) is 15.7. The Kier molecular flexibility index (Phi) is 12.8. The van der Waals surface area contributed by atoms with Gasteiger partial charge in [-0.3, -0.25) is 0 Å². The SMILES string of the molecule is CCCOc1ccccc1C1(CCCOCCCC2(c3ccccc3OCCC)C=CC(C(C)(C)C)=CC2)C=CC(C(C)(C)C)=CC1. The summed E-state index contributed by atoms with van der Waals surface area (Å²) in [6, 6.07) is 17.3. The van der Waals surface area contributed by atoms with Crippen LogP contribution in [0, 0.1) is 10.8 Å². The molecule has 0 fully saturated rings. The minimum Gasteiger partial charge on any atom is -0.493 e. The molecule has 0 spiro atoms. The predicted octanol–water partition coefficient (Wildman–Crippen LogP) is 11.9. The highest BCUT2D eigenvalue weighted by atomic mass is 16.5. The van der Waals surface area contributed by atoms with Crippen molar-refractivity contribution in [2.24, 2.45) is 10.8 Å². The lowest BCUT2D eigenvalue weighted by atomic mass is 9.68. The molecule has 0 bridgehead atoms. The summed E-state index contributed by atoms with van der Waals surface area (Å²) in [6.07, 6.45) is 22.6. The van der Waals surface area contributed by atoms with E-state index in [2.05, 4.69) is 140 Å². The lowest BCUT2D eigenvalue weighted by Crippen LogP contribution is -2.28. The molecule has 256 valence electrons. The molecule has 2 unspecified atom stereocenters. The first-order valence-corrected chi connectivity index (χ1v) is 18.3. The fourth-order valence-electron chi connectivity index (χ4n) is 7.02. The van der Waals surface area contributed by atoms with Gasteiger partial charge in [0.1, 0.15) is 11.5 Å². The summed E-state index contributed by atoms with van der Waals surface area (Å²) in [7, 11) is 0. The van der Waals surface area contributed by atoms with Crippen molar-refractivity contribution in [3.8, 4) is 11.5 Å². The number of allylic oxidation sites excluding steroid dienone is 8. The molecule has 0 radical (unpaired) electrons. The molecular formula is C44H62O3. The van der Waals surface area contributed by atoms with Gasteiger partial charge in [0.2, 0.25) is 0 Å². The Morgan fingerprint density at radius 3 is 1.32 bits per heavy atom. The van der Waals surface area contributed by atoms with Crippen molar-refractivity contribution in [3.05, 3.63) is 107 Å². The van der Waals surface area contributed by atoms with Crippen molar-refractivity contribution in [1.29, 1.82) is 0 Å². The van der Waals surface area contributed by atoms with E-state index in [4.69, 9.17) is 14.2 Å². The smallest absolute Gasteiger partial charge is 0.123 e. The summed E-state index contributed by atoms with van der Waals surface area (Å²) in [6.45, 7) is 21.1. The van der Waals surface area contributed by atoms with Crippen LogP contribution in [-0.4, -0.2) is 26.4 Å². The van der Waals surface area contributed by atoms with Crippen molar-refractivity contribution >= 4 is 0 Å². The standard InChI is InChI=1S/C44H62O3/c1-9-31-46-39-19-13-11-17-37(39)43(27-21-35(22-28-43)41(3,4)5)25-15-33-45-34-16-26-44(29-23-36(24-30-44)42(6,7)8)38-18-12-14-20-40(38)47-32-10-2/h11-14,17-24,27,29H,9-10,15-16,25-26,28,30-34H2,1-8H3. The zero-order valence-electron chi connectivity index (χ0n) is 30.8. The highest BCUT2D eigenvalue weighted by molar-refractivity contribution is 5.48. The average Bonchev–Trinajstić information content (AvgIpc) is 3.06. The van der Waals surface area contributed by atoms with Gasteiger partial charge in [-0.15, -0.1) is 0 Å². The lowest BCUT2D eigenvalue weighted by molar-refractivity contribution is 0.119. The first-order chi connectivity index (χ1) is 22.4. The molecule has 4 rings (SSSR count). The van der Waals surface area contributed by atoms with E-state index in [0.717, 1.165) is 89.3 Å². The molecule has 3 nitrogen and oxygen atoms in total. The Bertz CT molecular complexity index is 1300. The van der Waals surface area contributed by atoms with Crippen LogP contribution in [0.25, 0.3) is 0 Å². The molecule has 2 aromatic rings. The Balaban J connectivity index is 1.41. The van der Waals surface area contributed by atoms with Crippen molar-refractivity contribution in [2.45, 2.75) is 118 Å². The summed E-state index contributed by atoms with van der Waals surface area (Å²) >= 11 is 0. The fraction of sp³-hybridized carbons (Fsp3) is 0.545. The van der Waals surface area contributed by atoms with Gasteiger partial charge in [0.25, 0.3) is 0 Å². The monoisotopic (exact) mass is 638 g/mol. The van der Waals surface area contributed by atoms with E-state index in [9.17, 15) is 0 Å². The van der Waals surface area contributed by atoms with Gasteiger partial charge < -0.3 is 14.2 Å². The van der Waals surface area contributed by atoms with E-state index < -0.39 is 0 Å². The molecule has 2 aliphatic carbocycles. The van der Waals surface area contributed by atoms with E-state index in [-0.39, 0.29) is 21.7 Å². The van der Waals surface area contributed by atoms with Crippen LogP contribution in [0.15, 0.2) is 96.1 Å². The van der Waals surface area contributed by atoms with Gasteiger partial charge in [-0.05, 0) is 85.5 Å². The maximum Gasteiger partial charge on any atom is 0.123 e. The van der Waals surface area contributed by atoms with Gasteiger partial charge in [0.05, 0.1) is 13.2 Å². The maximum absolute atomic E-state index is 6.38. The van der Waals surface area contributed by atoms with Crippen LogP contribution in [0.2, 0.25) is 0 Å². The molecule has 2 atom stereocenters. The van der Waals surface area contributed by atoms with Crippen molar-refractivity contribution in [1.82, 2.24) is 0 Å². The number of hydrogen-bond donors (Lipinski definition) is 0. The van der Waals surface area contributed by atoms with Crippen LogP contribution >= 0.6 is 0 Å². The van der Waals surface area contributed by atoms with Crippen LogP contribution in [0.1, 0.15) is 118 Å². The van der Waals surface area contributed by atoms with Crippen LogP contribution in [0.3, 0.4) is 0 Å². The summed E-state index contributed by atoms with van der Waals surface area (Å²) in [5.41, 5.74) is 5.53. The van der Waals surface area contributed by atoms with Crippen LogP contribution in [0.5, 0.6) is 11.5 Å². The van der Waals surface area contributed by atoms with Crippen molar-refractivity contribution in [3.63, 3.8) is 0 Å². The van der Waals surface area contributed by atoms with Crippen molar-refractivity contribution < 1.29 is 14.2 Å². The molecule has 3 heteroatoms. The first kappa shape index (κ1) is 36.8. The molecule has 0 aliphatic heterocycles. The highest BCUT2D eigenvalue weighted by Crippen LogP contribution is 2.46. The van der Waals surface area contributed by atoms with E-state index in [1.807, 2.05) is 0 Å². The van der Waals surface area contributed by atoms with Gasteiger partial charge in [-0.1, -0.05) is 128 Å². The Morgan fingerprint density at radius 1 is 0.574 bits per heavy atom. The third-order valence-electron chi connectivity index (χ3n) is 9.86. The second-order valence-electron chi connectivity index (χ2n) is 15.7. The Labute approximate surface area is 287 Å². The zero-order chi connectivity index (χ0) is 34.0. The summed E-state index contributed by atoms with van der Waals surface area (Å²) in [5, 5.41) is 0. The molecular weight excluding hydrogens is 576 g/mol. The Hall–Kier alpha value is -3.04. The number of hydrogen-bond acceptors (Lipinski definition) is 3. The van der Waals surface area contributed by atoms with Gasteiger partial charge in [0, 0.05) is 35.2 Å². The molecule has 0 saturated carbocycles. The van der Waals surface area contributed by atoms with E-state index in [1.54, 1.807) is 0 Å². The van der Waals surface area contributed by atoms with Crippen molar-refractivity contribution in [2.75, 3.05) is 26.4 Å². The van der Waals surface area contributed by atoms with Gasteiger partial charge in [0.15, 0.2) is 0 Å². The first-order valence-electron chi connectivity index (χ1n) is 18.3. The number of ether oxygens (including phenoxy) is 3. The maximum atomic E-state index is 6.38. The molecule has 47 heavy (non-hydrogen) atoms. The van der Waals surface area contributed by atoms with E-state index in [0.29, 0.717) is 0 Å². The molecule has 0 heterocycles. The number of para-hydroxylation sites is 2. The molecule has 0 saturated heterocycles. The van der Waals surface area contributed by atoms with Gasteiger partial charge in [-0.2, -0.15) is 0 Å². The van der Waals surface area contributed by atoms with Gasteiger partial charge in [-0.25, -0.2) is 0 Å². The third-order valence-corrected chi connectivity index (χ3v) is 9.86. The zero-order valence-corrected chi connectivity index (χ0v) is 30.8. The summed E-state index contributed by atoms with van der Waals surface area (Å²) in [5.74, 6) is 2.04. The summed E-state index contributed by atoms with van der Waals surface area (Å²) < 4.78 is 18.9. The topological polar surface area (TPSA) is 27.7 Å². The number of benzene rings is 2. The van der Waals surface area contributed by atoms with E-state index in [1.165, 1.54) is 22.3 Å². The second kappa shape index (κ2) is 16.4. The predicted molar refractivity (Wildman–Crippen MR) is 200 cm³/mol. The van der Waals surface area contributed by atoms with Crippen LogP contribution in [0.4, 0.5) is 0 Å². The quantitative estimate of drug-likeness (QED) is 0.171. The molecule has 0 aromatic heterocycles.